The zero-order valence-electron chi connectivity index (χ0n) is 14.3. The van der Waals surface area contributed by atoms with Crippen LogP contribution >= 0.6 is 0 Å². The van der Waals surface area contributed by atoms with Gasteiger partial charge in [0.05, 0.1) is 7.11 Å². The fourth-order valence-corrected chi connectivity index (χ4v) is 3.28. The first-order chi connectivity index (χ1) is 10.9. The number of methoxy groups -OCH3 is 1. The van der Waals surface area contributed by atoms with E-state index >= 15 is 0 Å². The zero-order chi connectivity index (χ0) is 16.6. The van der Waals surface area contributed by atoms with Crippen LogP contribution < -0.4 is 10.1 Å². The first-order valence-corrected chi connectivity index (χ1v) is 8.21. The Labute approximate surface area is 137 Å². The third-order valence-electron chi connectivity index (χ3n) is 4.55. The Hall–Kier alpha value is -1.75. The molecular weight excluding hydrogens is 292 g/mol. The minimum absolute atomic E-state index is 0.182. The molecule has 0 radical (unpaired) electrons. The molecule has 5 nitrogen and oxygen atoms in total. The van der Waals surface area contributed by atoms with Crippen LogP contribution in [0.5, 0.6) is 5.75 Å². The number of hydrogen-bond donors (Lipinski definition) is 1. The smallest absolute Gasteiger partial charge is 0.410 e. The van der Waals surface area contributed by atoms with Crippen molar-refractivity contribution >= 4 is 6.09 Å². The van der Waals surface area contributed by atoms with Crippen LogP contribution in [-0.4, -0.2) is 42.8 Å². The molecule has 1 saturated carbocycles. The standard InChI is InChI=1S/C18H26N2O3/c1-18(2,3)23-17(21)20-10-14-15(11-20)16(14)19-9-12-5-7-13(22-4)8-6-12/h5-8,14-16,19H,9-11H2,1-4H3. The highest BCUT2D eigenvalue weighted by Gasteiger charge is 2.56. The van der Waals surface area contributed by atoms with Crippen molar-refractivity contribution in [3.8, 4) is 5.75 Å². The van der Waals surface area contributed by atoms with Crippen molar-refractivity contribution in [2.75, 3.05) is 20.2 Å². The van der Waals surface area contributed by atoms with Crippen LogP contribution in [0.3, 0.4) is 0 Å². The lowest BCUT2D eigenvalue weighted by atomic mass is 10.2. The summed E-state index contributed by atoms with van der Waals surface area (Å²) in [6, 6.07) is 8.65. The third kappa shape index (κ3) is 3.78. The van der Waals surface area contributed by atoms with Crippen LogP contribution in [0, 0.1) is 11.8 Å². The van der Waals surface area contributed by atoms with E-state index in [0.29, 0.717) is 17.9 Å². The van der Waals surface area contributed by atoms with Gasteiger partial charge in [-0.05, 0) is 50.3 Å². The molecule has 0 aromatic heterocycles. The van der Waals surface area contributed by atoms with Crippen molar-refractivity contribution < 1.29 is 14.3 Å². The molecule has 2 unspecified atom stereocenters. The van der Waals surface area contributed by atoms with E-state index in [2.05, 4.69) is 17.4 Å². The van der Waals surface area contributed by atoms with E-state index in [9.17, 15) is 4.79 Å². The molecule has 2 atom stereocenters. The monoisotopic (exact) mass is 318 g/mol. The minimum atomic E-state index is -0.421. The zero-order valence-corrected chi connectivity index (χ0v) is 14.3. The van der Waals surface area contributed by atoms with Crippen LogP contribution in [0.15, 0.2) is 24.3 Å². The van der Waals surface area contributed by atoms with Crippen LogP contribution in [0.25, 0.3) is 0 Å². The van der Waals surface area contributed by atoms with E-state index in [4.69, 9.17) is 9.47 Å². The normalized spacial score (nSPS) is 25.9. The Kier molecular flexibility index (Phi) is 4.23. The quantitative estimate of drug-likeness (QED) is 0.927. The van der Waals surface area contributed by atoms with Crippen molar-refractivity contribution in [3.05, 3.63) is 29.8 Å². The number of piperidine rings is 1. The SMILES string of the molecule is COc1ccc(CNC2C3CN(C(=O)OC(C)(C)C)CC32)cc1. The van der Waals surface area contributed by atoms with E-state index in [1.165, 1.54) is 5.56 Å². The maximum Gasteiger partial charge on any atom is 0.410 e. The predicted molar refractivity (Wildman–Crippen MR) is 88.4 cm³/mol. The molecule has 1 heterocycles. The van der Waals surface area contributed by atoms with E-state index in [0.717, 1.165) is 25.4 Å². The van der Waals surface area contributed by atoms with Gasteiger partial charge in [0.15, 0.2) is 0 Å². The van der Waals surface area contributed by atoms with Gasteiger partial charge in [-0.1, -0.05) is 12.1 Å². The summed E-state index contributed by atoms with van der Waals surface area (Å²) in [5.41, 5.74) is 0.829. The summed E-state index contributed by atoms with van der Waals surface area (Å²) < 4.78 is 10.6. The number of nitrogens with one attached hydrogen (secondary N) is 1. The molecule has 23 heavy (non-hydrogen) atoms. The molecule has 5 heteroatoms. The Bertz CT molecular complexity index is 553. The molecule has 0 bridgehead atoms. The first-order valence-electron chi connectivity index (χ1n) is 8.21. The lowest BCUT2D eigenvalue weighted by Crippen LogP contribution is -2.39. The van der Waals surface area contributed by atoms with Crippen LogP contribution in [0.2, 0.25) is 0 Å². The number of rotatable bonds is 4. The molecule has 3 rings (SSSR count). The molecule has 2 fully saturated rings. The molecule has 1 aromatic rings. The molecule has 1 aromatic carbocycles. The fourth-order valence-electron chi connectivity index (χ4n) is 3.28. The van der Waals surface area contributed by atoms with E-state index in [-0.39, 0.29) is 6.09 Å². The molecule has 1 aliphatic carbocycles. The van der Waals surface area contributed by atoms with Gasteiger partial charge in [-0.2, -0.15) is 0 Å². The largest absolute Gasteiger partial charge is 0.497 e. The first kappa shape index (κ1) is 16.1. The number of fused-ring (bicyclic) bond motifs is 1. The molecule has 1 aliphatic heterocycles. The number of likely N-dealkylation sites (tertiary alicyclic amines) is 1. The van der Waals surface area contributed by atoms with Crippen LogP contribution in [-0.2, 0) is 11.3 Å². The average molecular weight is 318 g/mol. The lowest BCUT2D eigenvalue weighted by Gasteiger charge is -2.26. The summed E-state index contributed by atoms with van der Waals surface area (Å²) in [5, 5.41) is 3.60. The fraction of sp³-hybridized carbons (Fsp3) is 0.611. The number of nitrogens with zero attached hydrogens (tertiary/aromatic N) is 1. The Morgan fingerprint density at radius 1 is 1.22 bits per heavy atom. The van der Waals surface area contributed by atoms with E-state index < -0.39 is 5.60 Å². The summed E-state index contributed by atoms with van der Waals surface area (Å²) in [6.07, 6.45) is -0.182. The highest BCUT2D eigenvalue weighted by atomic mass is 16.6. The topological polar surface area (TPSA) is 50.8 Å². The van der Waals surface area contributed by atoms with Gasteiger partial charge in [0.1, 0.15) is 11.4 Å². The predicted octanol–water partition coefficient (Wildman–Crippen LogP) is 2.65. The lowest BCUT2D eigenvalue weighted by molar-refractivity contribution is 0.0269. The van der Waals surface area contributed by atoms with Crippen LogP contribution in [0.4, 0.5) is 4.79 Å². The molecule has 2 aliphatic rings. The summed E-state index contributed by atoms with van der Waals surface area (Å²) in [4.78, 5) is 13.9. The van der Waals surface area contributed by atoms with Crippen LogP contribution in [0.1, 0.15) is 26.3 Å². The second kappa shape index (κ2) is 6.04. The van der Waals surface area contributed by atoms with Crippen molar-refractivity contribution in [1.82, 2.24) is 10.2 Å². The second-order valence-electron chi connectivity index (χ2n) is 7.47. The molecule has 1 saturated heterocycles. The maximum atomic E-state index is 12.0. The number of hydrogen-bond acceptors (Lipinski definition) is 4. The average Bonchev–Trinajstić information content (AvgIpc) is 2.93. The minimum Gasteiger partial charge on any atom is -0.497 e. The van der Waals surface area contributed by atoms with Crippen molar-refractivity contribution in [2.45, 2.75) is 39.0 Å². The van der Waals surface area contributed by atoms with Crippen molar-refractivity contribution in [2.24, 2.45) is 11.8 Å². The molecule has 126 valence electrons. The Morgan fingerprint density at radius 3 is 2.35 bits per heavy atom. The van der Waals surface area contributed by atoms with Gasteiger partial charge in [0.2, 0.25) is 0 Å². The maximum absolute atomic E-state index is 12.0. The van der Waals surface area contributed by atoms with Gasteiger partial charge in [-0.25, -0.2) is 4.79 Å². The molecule has 1 N–H and O–H groups in total. The number of amides is 1. The van der Waals surface area contributed by atoms with E-state index in [1.807, 2.05) is 37.8 Å². The Balaban J connectivity index is 1.42. The highest BCUT2D eigenvalue weighted by Crippen LogP contribution is 2.45. The summed E-state index contributed by atoms with van der Waals surface area (Å²) in [6.45, 7) is 8.18. The molecule has 0 spiro atoms. The van der Waals surface area contributed by atoms with Gasteiger partial charge in [-0.3, -0.25) is 0 Å². The summed E-state index contributed by atoms with van der Waals surface area (Å²) in [5.74, 6) is 2.02. The number of ether oxygens (including phenoxy) is 2. The highest BCUT2D eigenvalue weighted by molar-refractivity contribution is 5.69. The Morgan fingerprint density at radius 2 is 1.83 bits per heavy atom. The van der Waals surface area contributed by atoms with Gasteiger partial charge < -0.3 is 19.7 Å². The number of carbonyl (C=O) groups is 1. The van der Waals surface area contributed by atoms with E-state index in [1.54, 1.807) is 7.11 Å². The van der Waals surface area contributed by atoms with Crippen molar-refractivity contribution in [3.63, 3.8) is 0 Å². The molecule has 1 amide bonds. The van der Waals surface area contributed by atoms with Gasteiger partial charge in [-0.15, -0.1) is 0 Å². The van der Waals surface area contributed by atoms with Gasteiger partial charge in [0, 0.05) is 25.7 Å². The summed E-state index contributed by atoms with van der Waals surface area (Å²) in [7, 11) is 1.68. The van der Waals surface area contributed by atoms with Crippen molar-refractivity contribution in [1.29, 1.82) is 0 Å². The second-order valence-corrected chi connectivity index (χ2v) is 7.47. The third-order valence-corrected chi connectivity index (χ3v) is 4.55. The summed E-state index contributed by atoms with van der Waals surface area (Å²) >= 11 is 0. The molecular formula is C18H26N2O3. The number of benzene rings is 1. The van der Waals surface area contributed by atoms with Gasteiger partial charge >= 0.3 is 6.09 Å². The van der Waals surface area contributed by atoms with Gasteiger partial charge in [0.25, 0.3) is 0 Å². The number of carbonyl (C=O) groups excluding carboxylic acids is 1.